The second-order valence-electron chi connectivity index (χ2n) is 8.65. The molecule has 1 amide bonds. The molecule has 0 bridgehead atoms. The monoisotopic (exact) mass is 383 g/mol. The Morgan fingerprint density at radius 1 is 1.25 bits per heavy atom. The van der Waals surface area contributed by atoms with Gasteiger partial charge < -0.3 is 16.0 Å². The fourth-order valence-corrected chi connectivity index (χ4v) is 4.47. The molecule has 2 aliphatic rings. The number of rotatable bonds is 8. The largest absolute Gasteiger partial charge is 0.356 e. The summed E-state index contributed by atoms with van der Waals surface area (Å²) in [4.78, 5) is 23.1. The van der Waals surface area contributed by atoms with E-state index in [1.807, 2.05) is 0 Å². The van der Waals surface area contributed by atoms with Gasteiger partial charge in [0.1, 0.15) is 5.82 Å². The highest BCUT2D eigenvalue weighted by atomic mass is 16.1. The summed E-state index contributed by atoms with van der Waals surface area (Å²) in [6.07, 6.45) is 6.19. The lowest BCUT2D eigenvalue weighted by molar-refractivity contribution is -0.122. The molecule has 6 heteroatoms. The van der Waals surface area contributed by atoms with Gasteiger partial charge >= 0.3 is 0 Å². The lowest BCUT2D eigenvalue weighted by atomic mass is 10.1. The number of likely N-dealkylation sites (tertiary alicyclic amines) is 1. The van der Waals surface area contributed by atoms with Crippen LogP contribution in [-0.2, 0) is 11.2 Å². The Kier molecular flexibility index (Phi) is 5.69. The third-order valence-corrected chi connectivity index (χ3v) is 6.54. The van der Waals surface area contributed by atoms with Gasteiger partial charge in [-0.1, -0.05) is 6.07 Å². The number of hydrogen-bond acceptors (Lipinski definition) is 4. The van der Waals surface area contributed by atoms with Crippen molar-refractivity contribution in [1.29, 1.82) is 0 Å². The minimum Gasteiger partial charge on any atom is -0.356 e. The van der Waals surface area contributed by atoms with E-state index in [1.54, 1.807) is 0 Å². The minimum absolute atomic E-state index is 0.145. The van der Waals surface area contributed by atoms with E-state index in [4.69, 9.17) is 10.7 Å². The average molecular weight is 384 g/mol. The van der Waals surface area contributed by atoms with Crippen LogP contribution in [0.4, 0.5) is 0 Å². The highest BCUT2D eigenvalue weighted by Gasteiger charge is 2.37. The highest BCUT2D eigenvalue weighted by molar-refractivity contribution is 5.80. The number of nitrogens with one attached hydrogen (secondary N) is 2. The van der Waals surface area contributed by atoms with Crippen LogP contribution in [0.3, 0.4) is 0 Å². The maximum absolute atomic E-state index is 12.5. The molecule has 1 aliphatic carbocycles. The number of aromatic nitrogens is 2. The number of nitrogens with zero attached hydrogens (tertiary/aromatic N) is 2. The van der Waals surface area contributed by atoms with Gasteiger partial charge in [0, 0.05) is 44.6 Å². The van der Waals surface area contributed by atoms with E-state index >= 15 is 0 Å². The van der Waals surface area contributed by atoms with Crippen LogP contribution >= 0.6 is 0 Å². The lowest BCUT2D eigenvalue weighted by Gasteiger charge is -2.29. The summed E-state index contributed by atoms with van der Waals surface area (Å²) in [5, 5.41) is 3.09. The number of fused-ring (bicyclic) bond motifs is 1. The third-order valence-electron chi connectivity index (χ3n) is 6.54. The van der Waals surface area contributed by atoms with Crippen molar-refractivity contribution in [2.24, 2.45) is 11.7 Å². The van der Waals surface area contributed by atoms with Crippen LogP contribution in [0.2, 0.25) is 0 Å². The van der Waals surface area contributed by atoms with Gasteiger partial charge in [-0.3, -0.25) is 9.69 Å². The number of nitrogens with two attached hydrogens (primary N) is 1. The van der Waals surface area contributed by atoms with Gasteiger partial charge in [0.25, 0.3) is 0 Å². The zero-order valence-electron chi connectivity index (χ0n) is 17.1. The summed E-state index contributed by atoms with van der Waals surface area (Å²) in [7, 11) is 0. The summed E-state index contributed by atoms with van der Waals surface area (Å²) in [5.41, 5.74) is 10.5. The van der Waals surface area contributed by atoms with E-state index in [0.29, 0.717) is 31.6 Å². The Hall–Kier alpha value is -1.92. The molecule has 1 saturated heterocycles. The number of benzene rings is 1. The normalized spacial score (nSPS) is 22.8. The van der Waals surface area contributed by atoms with Gasteiger partial charge in [-0.2, -0.15) is 0 Å². The molecular weight excluding hydrogens is 350 g/mol. The van der Waals surface area contributed by atoms with Crippen molar-refractivity contribution in [1.82, 2.24) is 20.2 Å². The zero-order chi connectivity index (χ0) is 19.7. The van der Waals surface area contributed by atoms with Gasteiger partial charge in [0.05, 0.1) is 11.0 Å². The zero-order valence-corrected chi connectivity index (χ0v) is 17.1. The molecule has 0 radical (unpaired) electrons. The van der Waals surface area contributed by atoms with Gasteiger partial charge in [-0.05, 0) is 62.6 Å². The van der Waals surface area contributed by atoms with E-state index in [9.17, 15) is 4.79 Å². The molecule has 0 unspecified atom stereocenters. The first-order chi connectivity index (χ1) is 13.5. The maximum Gasteiger partial charge on any atom is 0.221 e. The average Bonchev–Trinajstić information content (AvgIpc) is 3.28. The van der Waals surface area contributed by atoms with Crippen LogP contribution in [0.15, 0.2) is 12.1 Å². The van der Waals surface area contributed by atoms with E-state index in [-0.39, 0.29) is 5.91 Å². The Labute approximate surface area is 167 Å². The van der Waals surface area contributed by atoms with Gasteiger partial charge in [0.15, 0.2) is 0 Å². The first kappa shape index (κ1) is 19.4. The standard InChI is InChI=1S/C22H33N5O/c1-14-3-8-19-22(15(14)2)26-20(25-19)9-10-24-21(28)11-17-6-7-18(12-23)27(17)13-16-4-5-16/h3,8,16-18H,4-7,9-13,23H2,1-2H3,(H,24,28)(H,25,26)/t17-,18+/m0/s1. The van der Waals surface area contributed by atoms with Crippen LogP contribution in [-0.4, -0.2) is 52.5 Å². The Morgan fingerprint density at radius 2 is 2.04 bits per heavy atom. The molecule has 2 heterocycles. The molecule has 6 nitrogen and oxygen atoms in total. The fourth-order valence-electron chi connectivity index (χ4n) is 4.47. The van der Waals surface area contributed by atoms with E-state index < -0.39 is 0 Å². The number of aryl methyl sites for hydroxylation is 2. The first-order valence-electron chi connectivity index (χ1n) is 10.7. The molecular formula is C22H33N5O. The second-order valence-corrected chi connectivity index (χ2v) is 8.65. The molecule has 28 heavy (non-hydrogen) atoms. The number of aromatic amines is 1. The topological polar surface area (TPSA) is 87.0 Å². The molecule has 0 spiro atoms. The number of H-pyrrole nitrogens is 1. The molecule has 2 atom stereocenters. The van der Waals surface area contributed by atoms with Crippen LogP contribution in [0.5, 0.6) is 0 Å². The molecule has 1 aromatic heterocycles. The Morgan fingerprint density at radius 3 is 2.79 bits per heavy atom. The second kappa shape index (κ2) is 8.21. The molecule has 1 aromatic carbocycles. The van der Waals surface area contributed by atoms with Crippen molar-refractivity contribution in [2.45, 2.75) is 64.5 Å². The molecule has 1 saturated carbocycles. The molecule has 4 N–H and O–H groups in total. The quantitative estimate of drug-likeness (QED) is 0.653. The summed E-state index contributed by atoms with van der Waals surface area (Å²) < 4.78 is 0. The Bertz CT molecular complexity index is 841. The smallest absolute Gasteiger partial charge is 0.221 e. The van der Waals surface area contributed by atoms with E-state index in [1.165, 1.54) is 24.0 Å². The van der Waals surface area contributed by atoms with Crippen molar-refractivity contribution in [2.75, 3.05) is 19.6 Å². The maximum atomic E-state index is 12.5. The third kappa shape index (κ3) is 4.23. The summed E-state index contributed by atoms with van der Waals surface area (Å²) >= 11 is 0. The number of amides is 1. The number of hydrogen-bond donors (Lipinski definition) is 3. The number of imidazole rings is 1. The molecule has 2 fully saturated rings. The first-order valence-corrected chi connectivity index (χ1v) is 10.7. The van der Waals surface area contributed by atoms with Crippen LogP contribution in [0, 0.1) is 19.8 Å². The van der Waals surface area contributed by atoms with Gasteiger partial charge in [0.2, 0.25) is 5.91 Å². The van der Waals surface area contributed by atoms with Crippen LogP contribution < -0.4 is 11.1 Å². The molecule has 2 aromatic rings. The van der Waals surface area contributed by atoms with E-state index in [0.717, 1.165) is 48.6 Å². The van der Waals surface area contributed by atoms with Gasteiger partial charge in [-0.25, -0.2) is 4.98 Å². The highest BCUT2D eigenvalue weighted by Crippen LogP contribution is 2.35. The van der Waals surface area contributed by atoms with Crippen LogP contribution in [0.1, 0.15) is 49.1 Å². The Balaban J connectivity index is 1.28. The van der Waals surface area contributed by atoms with Crippen molar-refractivity contribution in [3.63, 3.8) is 0 Å². The van der Waals surface area contributed by atoms with Crippen molar-refractivity contribution >= 4 is 16.9 Å². The van der Waals surface area contributed by atoms with Crippen molar-refractivity contribution in [3.8, 4) is 0 Å². The summed E-state index contributed by atoms with van der Waals surface area (Å²) in [5.74, 6) is 1.91. The molecule has 152 valence electrons. The molecule has 1 aliphatic heterocycles. The van der Waals surface area contributed by atoms with E-state index in [2.05, 4.69) is 41.2 Å². The predicted octanol–water partition coefficient (Wildman–Crippen LogP) is 2.43. The van der Waals surface area contributed by atoms with Crippen molar-refractivity contribution < 1.29 is 4.79 Å². The van der Waals surface area contributed by atoms with Crippen LogP contribution in [0.25, 0.3) is 11.0 Å². The lowest BCUT2D eigenvalue weighted by Crippen LogP contribution is -2.43. The SMILES string of the molecule is Cc1ccc2[nH]c(CCNC(=O)C[C@@H]3CC[C@H](CN)N3CC3CC3)nc2c1C. The van der Waals surface area contributed by atoms with Gasteiger partial charge in [-0.15, -0.1) is 0 Å². The van der Waals surface area contributed by atoms with Crippen molar-refractivity contribution in [3.05, 3.63) is 29.1 Å². The minimum atomic E-state index is 0.145. The summed E-state index contributed by atoms with van der Waals surface area (Å²) in [6.45, 7) is 6.65. The fraction of sp³-hybridized carbons (Fsp3) is 0.636. The predicted molar refractivity (Wildman–Crippen MR) is 112 cm³/mol. The molecule has 4 rings (SSSR count). The summed E-state index contributed by atoms with van der Waals surface area (Å²) in [6, 6.07) is 5.01. The number of carbonyl (C=O) groups excluding carboxylic acids is 1. The number of carbonyl (C=O) groups is 1.